The van der Waals surface area contributed by atoms with Crippen LogP contribution in [-0.4, -0.2) is 24.1 Å². The second kappa shape index (κ2) is 6.15. The maximum atomic E-state index is 3.71. The number of rotatable bonds is 7. The lowest BCUT2D eigenvalue weighted by atomic mass is 9.93. The van der Waals surface area contributed by atoms with Crippen molar-refractivity contribution in [2.24, 2.45) is 11.8 Å². The monoisotopic (exact) mass is 227 g/mol. The molecule has 0 bridgehead atoms. The van der Waals surface area contributed by atoms with Gasteiger partial charge in [0, 0.05) is 6.04 Å². The minimum atomic E-state index is 0.899. The summed E-state index contributed by atoms with van der Waals surface area (Å²) in [6, 6.07) is 0.899. The number of hydrogen-bond donors (Lipinski definition) is 1. The van der Waals surface area contributed by atoms with Gasteiger partial charge in [0.05, 0.1) is 0 Å². The fourth-order valence-corrected chi connectivity index (χ4v) is 3.51. The van der Waals surface area contributed by atoms with Crippen LogP contribution < -0.4 is 5.32 Å². The van der Waals surface area contributed by atoms with Crippen LogP contribution in [0.15, 0.2) is 0 Å². The summed E-state index contributed by atoms with van der Waals surface area (Å²) < 4.78 is 0. The first kappa shape index (κ1) is 11.8. The summed E-state index contributed by atoms with van der Waals surface area (Å²) in [6.45, 7) is 3.58. The molecule has 2 heteroatoms. The van der Waals surface area contributed by atoms with Gasteiger partial charge in [-0.1, -0.05) is 19.8 Å². The summed E-state index contributed by atoms with van der Waals surface area (Å²) in [5, 5.41) is 3.71. The number of thioether (sulfide) groups is 1. The van der Waals surface area contributed by atoms with E-state index in [9.17, 15) is 0 Å². The van der Waals surface area contributed by atoms with Crippen LogP contribution in [0.5, 0.6) is 0 Å². The zero-order valence-electron chi connectivity index (χ0n) is 10.0. The largest absolute Gasteiger partial charge is 0.314 e. The Labute approximate surface area is 98.8 Å². The second-order valence-electron chi connectivity index (χ2n) is 5.12. The molecule has 15 heavy (non-hydrogen) atoms. The Bertz CT molecular complexity index is 179. The summed E-state index contributed by atoms with van der Waals surface area (Å²) in [7, 11) is 0. The predicted molar refractivity (Wildman–Crippen MR) is 69.5 cm³/mol. The molecule has 2 fully saturated rings. The standard InChI is InChI=1S/C13H25NS/c1-2-15-9-8-11-4-3-5-12(11)10-14-13-6-7-13/h11-14H,2-10H2,1H3. The van der Waals surface area contributed by atoms with Gasteiger partial charge in [0.1, 0.15) is 0 Å². The van der Waals surface area contributed by atoms with E-state index in [1.807, 2.05) is 0 Å². The Morgan fingerprint density at radius 1 is 1.13 bits per heavy atom. The lowest BCUT2D eigenvalue weighted by Crippen LogP contribution is -2.27. The van der Waals surface area contributed by atoms with Gasteiger partial charge in [-0.3, -0.25) is 0 Å². The quantitative estimate of drug-likeness (QED) is 0.670. The molecule has 2 aliphatic rings. The lowest BCUT2D eigenvalue weighted by molar-refractivity contribution is 0.359. The van der Waals surface area contributed by atoms with Crippen molar-refractivity contribution < 1.29 is 0 Å². The summed E-state index contributed by atoms with van der Waals surface area (Å²) in [6.07, 6.45) is 8.81. The van der Waals surface area contributed by atoms with E-state index in [4.69, 9.17) is 0 Å². The third kappa shape index (κ3) is 3.99. The minimum absolute atomic E-state index is 0.899. The highest BCUT2D eigenvalue weighted by atomic mass is 32.2. The topological polar surface area (TPSA) is 12.0 Å². The van der Waals surface area contributed by atoms with Gasteiger partial charge in [-0.2, -0.15) is 11.8 Å². The van der Waals surface area contributed by atoms with Crippen LogP contribution in [0.1, 0.15) is 45.4 Å². The first-order valence-corrected chi connectivity index (χ1v) is 7.86. The molecule has 0 aliphatic heterocycles. The molecule has 0 spiro atoms. The molecule has 0 amide bonds. The molecular formula is C13H25NS. The molecule has 2 atom stereocenters. The normalized spacial score (nSPS) is 31.0. The average molecular weight is 227 g/mol. The van der Waals surface area contributed by atoms with Crippen LogP contribution in [0, 0.1) is 11.8 Å². The molecule has 2 rings (SSSR count). The van der Waals surface area contributed by atoms with E-state index in [-0.39, 0.29) is 0 Å². The molecule has 0 radical (unpaired) electrons. The van der Waals surface area contributed by atoms with Crippen molar-refractivity contribution >= 4 is 11.8 Å². The van der Waals surface area contributed by atoms with Gasteiger partial charge in [-0.25, -0.2) is 0 Å². The molecule has 1 nitrogen and oxygen atoms in total. The van der Waals surface area contributed by atoms with Crippen molar-refractivity contribution in [3.63, 3.8) is 0 Å². The molecule has 0 aromatic heterocycles. The summed E-state index contributed by atoms with van der Waals surface area (Å²) >= 11 is 2.11. The smallest absolute Gasteiger partial charge is 0.00683 e. The van der Waals surface area contributed by atoms with Crippen LogP contribution in [-0.2, 0) is 0 Å². The Morgan fingerprint density at radius 2 is 1.93 bits per heavy atom. The van der Waals surface area contributed by atoms with Crippen molar-refractivity contribution in [1.29, 1.82) is 0 Å². The van der Waals surface area contributed by atoms with Gasteiger partial charge in [-0.05, 0) is 55.6 Å². The molecule has 88 valence electrons. The Balaban J connectivity index is 1.62. The predicted octanol–water partition coefficient (Wildman–Crippen LogP) is 3.30. The molecular weight excluding hydrogens is 202 g/mol. The van der Waals surface area contributed by atoms with Crippen LogP contribution in [0.3, 0.4) is 0 Å². The Morgan fingerprint density at radius 3 is 2.67 bits per heavy atom. The minimum Gasteiger partial charge on any atom is -0.314 e. The van der Waals surface area contributed by atoms with E-state index in [0.29, 0.717) is 0 Å². The Kier molecular flexibility index (Phi) is 4.83. The van der Waals surface area contributed by atoms with Gasteiger partial charge in [0.25, 0.3) is 0 Å². The second-order valence-corrected chi connectivity index (χ2v) is 6.51. The first-order valence-electron chi connectivity index (χ1n) is 6.71. The molecule has 0 saturated heterocycles. The third-order valence-corrected chi connectivity index (χ3v) is 4.83. The molecule has 0 heterocycles. The van der Waals surface area contributed by atoms with Crippen LogP contribution in [0.2, 0.25) is 0 Å². The van der Waals surface area contributed by atoms with Crippen molar-refractivity contribution in [2.75, 3.05) is 18.1 Å². The molecule has 2 saturated carbocycles. The maximum Gasteiger partial charge on any atom is 0.00683 e. The van der Waals surface area contributed by atoms with Crippen LogP contribution in [0.25, 0.3) is 0 Å². The van der Waals surface area contributed by atoms with Crippen molar-refractivity contribution in [3.05, 3.63) is 0 Å². The SMILES string of the molecule is CCSCCC1CCCC1CNC1CC1. The van der Waals surface area contributed by atoms with Gasteiger partial charge in [-0.15, -0.1) is 0 Å². The fourth-order valence-electron chi connectivity index (χ4n) is 2.75. The summed E-state index contributed by atoms with van der Waals surface area (Å²) in [5.41, 5.74) is 0. The fraction of sp³-hybridized carbons (Fsp3) is 1.00. The van der Waals surface area contributed by atoms with Crippen molar-refractivity contribution in [1.82, 2.24) is 5.32 Å². The highest BCUT2D eigenvalue weighted by Crippen LogP contribution is 2.35. The van der Waals surface area contributed by atoms with E-state index >= 15 is 0 Å². The molecule has 0 aromatic carbocycles. The number of nitrogens with one attached hydrogen (secondary N) is 1. The van der Waals surface area contributed by atoms with Gasteiger partial charge in [0.15, 0.2) is 0 Å². The van der Waals surface area contributed by atoms with Crippen LogP contribution >= 0.6 is 11.8 Å². The molecule has 2 aliphatic carbocycles. The lowest BCUT2D eigenvalue weighted by Gasteiger charge is -2.19. The highest BCUT2D eigenvalue weighted by Gasteiger charge is 2.28. The molecule has 1 N–H and O–H groups in total. The van der Waals surface area contributed by atoms with E-state index in [0.717, 1.165) is 17.9 Å². The van der Waals surface area contributed by atoms with Gasteiger partial charge >= 0.3 is 0 Å². The van der Waals surface area contributed by atoms with Gasteiger partial charge < -0.3 is 5.32 Å². The summed E-state index contributed by atoms with van der Waals surface area (Å²) in [5.74, 6) is 4.72. The average Bonchev–Trinajstić information content (AvgIpc) is 2.97. The summed E-state index contributed by atoms with van der Waals surface area (Å²) in [4.78, 5) is 0. The third-order valence-electron chi connectivity index (χ3n) is 3.90. The van der Waals surface area contributed by atoms with E-state index < -0.39 is 0 Å². The highest BCUT2D eigenvalue weighted by molar-refractivity contribution is 7.99. The number of hydrogen-bond acceptors (Lipinski definition) is 2. The van der Waals surface area contributed by atoms with Crippen molar-refractivity contribution in [3.8, 4) is 0 Å². The first-order chi connectivity index (χ1) is 7.40. The zero-order chi connectivity index (χ0) is 10.5. The van der Waals surface area contributed by atoms with E-state index in [2.05, 4.69) is 24.0 Å². The van der Waals surface area contributed by atoms with Gasteiger partial charge in [0.2, 0.25) is 0 Å². The van der Waals surface area contributed by atoms with Crippen LogP contribution in [0.4, 0.5) is 0 Å². The van der Waals surface area contributed by atoms with Crippen molar-refractivity contribution in [2.45, 2.75) is 51.5 Å². The Hall–Kier alpha value is 0.310. The zero-order valence-corrected chi connectivity index (χ0v) is 10.8. The van der Waals surface area contributed by atoms with E-state index in [1.54, 1.807) is 0 Å². The van der Waals surface area contributed by atoms with E-state index in [1.165, 1.54) is 56.6 Å². The molecule has 0 aromatic rings. The maximum absolute atomic E-state index is 3.71. The molecule has 2 unspecified atom stereocenters.